The van der Waals surface area contributed by atoms with Crippen LogP contribution in [0.2, 0.25) is 0 Å². The second-order valence-electron chi connectivity index (χ2n) is 5.92. The number of nitrogens with one attached hydrogen (secondary N) is 1. The minimum Gasteiger partial charge on any atom is -0.497 e. The van der Waals surface area contributed by atoms with Gasteiger partial charge in [0.1, 0.15) is 22.9 Å². The fraction of sp³-hybridized carbons (Fsp3) is 0.389. The Morgan fingerprint density at radius 3 is 2.79 bits per heavy atom. The van der Waals surface area contributed by atoms with Gasteiger partial charge in [-0.25, -0.2) is 0 Å². The van der Waals surface area contributed by atoms with Crippen LogP contribution >= 0.6 is 0 Å². The molecule has 0 aliphatic heterocycles. The average molecular weight is 331 g/mol. The van der Waals surface area contributed by atoms with Crippen LogP contribution in [0.15, 0.2) is 47.1 Å². The van der Waals surface area contributed by atoms with Gasteiger partial charge in [0, 0.05) is 6.07 Å². The number of hydrogen-bond donors (Lipinski definition) is 2. The van der Waals surface area contributed by atoms with Crippen molar-refractivity contribution in [3.63, 3.8) is 0 Å². The molecule has 1 atom stereocenters. The molecule has 0 spiro atoms. The number of aliphatic hydroxyl groups is 1. The molecule has 1 fully saturated rings. The van der Waals surface area contributed by atoms with Gasteiger partial charge in [0.05, 0.1) is 19.9 Å². The van der Waals surface area contributed by atoms with Crippen LogP contribution in [0.4, 0.5) is 0 Å². The van der Waals surface area contributed by atoms with Gasteiger partial charge >= 0.3 is 0 Å². The molecule has 1 aliphatic rings. The van der Waals surface area contributed by atoms with Gasteiger partial charge in [-0.1, -0.05) is 6.07 Å². The summed E-state index contributed by atoms with van der Waals surface area (Å²) in [6.07, 6.45) is 3.37. The van der Waals surface area contributed by atoms with Crippen molar-refractivity contribution in [2.45, 2.75) is 18.4 Å². The zero-order valence-corrected chi connectivity index (χ0v) is 13.5. The third-order valence-electron chi connectivity index (χ3n) is 4.17. The summed E-state index contributed by atoms with van der Waals surface area (Å²) in [6, 6.07) is 10.5. The Hall–Kier alpha value is -2.47. The van der Waals surface area contributed by atoms with Crippen LogP contribution in [0.1, 0.15) is 18.6 Å². The highest BCUT2D eigenvalue weighted by Crippen LogP contribution is 2.45. The number of ether oxygens (including phenoxy) is 2. The molecule has 0 bridgehead atoms. The van der Waals surface area contributed by atoms with E-state index in [1.807, 2.05) is 0 Å². The minimum absolute atomic E-state index is 0.103. The first kappa shape index (κ1) is 16.4. The van der Waals surface area contributed by atoms with E-state index in [9.17, 15) is 9.90 Å². The Morgan fingerprint density at radius 1 is 1.33 bits per heavy atom. The molecule has 24 heavy (non-hydrogen) atoms. The highest BCUT2D eigenvalue weighted by atomic mass is 16.5. The Labute approximate surface area is 140 Å². The third-order valence-corrected chi connectivity index (χ3v) is 4.17. The number of carbonyl (C=O) groups excluding carboxylic acids is 1. The van der Waals surface area contributed by atoms with Crippen LogP contribution in [0.3, 0.4) is 0 Å². The fourth-order valence-electron chi connectivity index (χ4n) is 2.64. The summed E-state index contributed by atoms with van der Waals surface area (Å²) >= 11 is 0. The van der Waals surface area contributed by atoms with Gasteiger partial charge < -0.3 is 24.3 Å². The predicted molar refractivity (Wildman–Crippen MR) is 86.8 cm³/mol. The van der Waals surface area contributed by atoms with Gasteiger partial charge in [-0.3, -0.25) is 4.79 Å². The number of carbonyl (C=O) groups is 1. The van der Waals surface area contributed by atoms with E-state index < -0.39 is 5.60 Å². The lowest BCUT2D eigenvalue weighted by Gasteiger charge is -2.26. The number of amides is 1. The van der Waals surface area contributed by atoms with Crippen LogP contribution < -0.4 is 14.8 Å². The zero-order valence-electron chi connectivity index (χ0n) is 13.5. The average Bonchev–Trinajstić information content (AvgIpc) is 3.33. The molecule has 1 aliphatic carbocycles. The van der Waals surface area contributed by atoms with Gasteiger partial charge in [-0.15, -0.1) is 0 Å². The highest BCUT2D eigenvalue weighted by Gasteiger charge is 2.47. The standard InChI is InChI=1S/C18H21NO5/c1-22-14-4-2-5-15(10-14)24-11-17(20)19-12-18(21,13-7-8-13)16-6-3-9-23-16/h2-6,9-10,13,21H,7-8,11-12H2,1H3,(H,19,20). The predicted octanol–water partition coefficient (Wildman–Crippen LogP) is 2.08. The van der Waals surface area contributed by atoms with Crippen molar-refractivity contribution in [2.24, 2.45) is 5.92 Å². The second-order valence-corrected chi connectivity index (χ2v) is 5.92. The molecule has 1 amide bonds. The summed E-state index contributed by atoms with van der Waals surface area (Å²) in [4.78, 5) is 12.0. The summed E-state index contributed by atoms with van der Waals surface area (Å²) in [5.41, 5.74) is -1.16. The number of hydrogen-bond acceptors (Lipinski definition) is 5. The fourth-order valence-corrected chi connectivity index (χ4v) is 2.64. The van der Waals surface area contributed by atoms with Gasteiger partial charge in [-0.2, -0.15) is 0 Å². The summed E-state index contributed by atoms with van der Waals surface area (Å²) in [7, 11) is 1.57. The minimum atomic E-state index is -1.16. The van der Waals surface area contributed by atoms with Crippen molar-refractivity contribution in [3.8, 4) is 11.5 Å². The molecule has 128 valence electrons. The number of methoxy groups -OCH3 is 1. The summed E-state index contributed by atoms with van der Waals surface area (Å²) < 4.78 is 15.9. The van der Waals surface area contributed by atoms with E-state index >= 15 is 0 Å². The topological polar surface area (TPSA) is 80.9 Å². The largest absolute Gasteiger partial charge is 0.497 e. The summed E-state index contributed by atoms with van der Waals surface area (Å²) in [5.74, 6) is 1.51. The van der Waals surface area contributed by atoms with Gasteiger partial charge in [0.25, 0.3) is 5.91 Å². The van der Waals surface area contributed by atoms with Gasteiger partial charge in [0.2, 0.25) is 0 Å². The van der Waals surface area contributed by atoms with Crippen molar-refractivity contribution < 1.29 is 23.8 Å². The van der Waals surface area contributed by atoms with E-state index in [0.717, 1.165) is 12.8 Å². The summed E-state index contributed by atoms with van der Waals surface area (Å²) in [6.45, 7) is -0.0302. The molecule has 1 aromatic carbocycles. The Morgan fingerprint density at radius 2 is 2.12 bits per heavy atom. The molecule has 1 unspecified atom stereocenters. The van der Waals surface area contributed by atoms with E-state index in [0.29, 0.717) is 17.3 Å². The van der Waals surface area contributed by atoms with Crippen LogP contribution in [0, 0.1) is 5.92 Å². The smallest absolute Gasteiger partial charge is 0.258 e. The SMILES string of the molecule is COc1cccc(OCC(=O)NCC(O)(c2ccco2)C2CC2)c1. The van der Waals surface area contributed by atoms with E-state index in [1.54, 1.807) is 43.5 Å². The molecule has 6 heteroatoms. The molecular weight excluding hydrogens is 310 g/mol. The molecule has 0 saturated heterocycles. The van der Waals surface area contributed by atoms with Crippen LogP contribution in [0.25, 0.3) is 0 Å². The van der Waals surface area contributed by atoms with Crippen LogP contribution in [-0.4, -0.2) is 31.3 Å². The number of furan rings is 1. The Kier molecular flexibility index (Phi) is 4.76. The normalized spacial score (nSPS) is 16.2. The molecule has 2 aromatic rings. The van der Waals surface area contributed by atoms with E-state index in [2.05, 4.69) is 5.32 Å². The Bertz CT molecular complexity index is 680. The van der Waals surface area contributed by atoms with E-state index in [-0.39, 0.29) is 25.0 Å². The maximum atomic E-state index is 12.0. The first-order valence-corrected chi connectivity index (χ1v) is 7.92. The number of rotatable bonds is 8. The molecule has 1 heterocycles. The summed E-state index contributed by atoms with van der Waals surface area (Å²) in [5, 5.41) is 13.6. The molecule has 0 radical (unpaired) electrons. The van der Waals surface area contributed by atoms with Gasteiger partial charge in [0.15, 0.2) is 6.61 Å². The van der Waals surface area contributed by atoms with E-state index in [4.69, 9.17) is 13.9 Å². The van der Waals surface area contributed by atoms with Crippen molar-refractivity contribution >= 4 is 5.91 Å². The van der Waals surface area contributed by atoms with Gasteiger partial charge in [-0.05, 0) is 43.0 Å². The monoisotopic (exact) mass is 331 g/mol. The quantitative estimate of drug-likeness (QED) is 0.774. The number of benzene rings is 1. The molecule has 1 aromatic heterocycles. The van der Waals surface area contributed by atoms with Crippen molar-refractivity contribution in [3.05, 3.63) is 48.4 Å². The Balaban J connectivity index is 1.53. The van der Waals surface area contributed by atoms with Crippen molar-refractivity contribution in [1.29, 1.82) is 0 Å². The molecular formula is C18H21NO5. The lowest BCUT2D eigenvalue weighted by atomic mass is 9.94. The zero-order chi connectivity index (χ0) is 17.0. The first-order chi connectivity index (χ1) is 11.6. The molecule has 2 N–H and O–H groups in total. The first-order valence-electron chi connectivity index (χ1n) is 7.92. The molecule has 1 saturated carbocycles. The van der Waals surface area contributed by atoms with Crippen molar-refractivity contribution in [1.82, 2.24) is 5.32 Å². The van der Waals surface area contributed by atoms with Crippen molar-refractivity contribution in [2.75, 3.05) is 20.3 Å². The second kappa shape index (κ2) is 6.97. The van der Waals surface area contributed by atoms with Crippen LogP contribution in [-0.2, 0) is 10.4 Å². The van der Waals surface area contributed by atoms with E-state index in [1.165, 1.54) is 6.26 Å². The third kappa shape index (κ3) is 3.71. The lowest BCUT2D eigenvalue weighted by molar-refractivity contribution is -0.125. The lowest BCUT2D eigenvalue weighted by Crippen LogP contribution is -2.43. The van der Waals surface area contributed by atoms with Crippen LogP contribution in [0.5, 0.6) is 11.5 Å². The maximum Gasteiger partial charge on any atom is 0.258 e. The highest BCUT2D eigenvalue weighted by molar-refractivity contribution is 5.77. The maximum absolute atomic E-state index is 12.0. The molecule has 6 nitrogen and oxygen atoms in total. The molecule has 3 rings (SSSR count).